The van der Waals surface area contributed by atoms with E-state index in [1.165, 1.54) is 23.3 Å². The highest BCUT2D eigenvalue weighted by Crippen LogP contribution is 2.24. The van der Waals surface area contributed by atoms with Gasteiger partial charge in [0.2, 0.25) is 0 Å². The normalized spacial score (nSPS) is 9.90. The van der Waals surface area contributed by atoms with Crippen LogP contribution in [0.25, 0.3) is 0 Å². The second-order valence-electron chi connectivity index (χ2n) is 3.88. The number of nitrogens with one attached hydrogen (secondary N) is 1. The molecule has 1 aromatic heterocycles. The third-order valence-corrected chi connectivity index (χ3v) is 3.22. The van der Waals surface area contributed by atoms with Gasteiger partial charge in [-0.1, -0.05) is 0 Å². The van der Waals surface area contributed by atoms with Crippen LogP contribution in [0.4, 0.5) is 9.80 Å². The molecule has 110 valence electrons. The summed E-state index contributed by atoms with van der Waals surface area (Å²) in [7, 11) is 1.48. The van der Waals surface area contributed by atoms with Crippen molar-refractivity contribution in [2.24, 2.45) is 0 Å². The van der Waals surface area contributed by atoms with E-state index in [0.29, 0.717) is 5.00 Å². The second kappa shape index (κ2) is 7.49. The van der Waals surface area contributed by atoms with Crippen LogP contribution in [0.3, 0.4) is 0 Å². The summed E-state index contributed by atoms with van der Waals surface area (Å²) >= 11 is 1.20. The standard InChI is InChI=1S/C12H16N2O5S/c1-3-19-11(17)8-5-7-20-10(8)13-12(18)14(2)6-4-9(15)16/h5,7H,3-4,6H2,1-2H3,(H,13,18)(H,15,16). The summed E-state index contributed by atoms with van der Waals surface area (Å²) in [6.07, 6.45) is -0.140. The molecule has 0 aliphatic heterocycles. The van der Waals surface area contributed by atoms with Crippen molar-refractivity contribution in [3.05, 3.63) is 17.0 Å². The molecule has 0 fully saturated rings. The molecular formula is C12H16N2O5S. The van der Waals surface area contributed by atoms with Crippen LogP contribution in [-0.2, 0) is 9.53 Å². The van der Waals surface area contributed by atoms with Gasteiger partial charge in [-0.25, -0.2) is 9.59 Å². The number of nitrogens with zero attached hydrogens (tertiary/aromatic N) is 1. The van der Waals surface area contributed by atoms with Crippen molar-refractivity contribution in [3.8, 4) is 0 Å². The Kier molecular flexibility index (Phi) is 5.98. The number of hydrogen-bond donors (Lipinski definition) is 2. The third kappa shape index (κ3) is 4.54. The topological polar surface area (TPSA) is 95.9 Å². The van der Waals surface area contributed by atoms with Crippen molar-refractivity contribution < 1.29 is 24.2 Å². The number of ether oxygens (including phenoxy) is 1. The number of carboxylic acid groups (broad SMARTS) is 1. The predicted octanol–water partition coefficient (Wildman–Crippen LogP) is 1.86. The molecule has 2 N–H and O–H groups in total. The molecule has 1 heterocycles. The molecular weight excluding hydrogens is 284 g/mol. The van der Waals surface area contributed by atoms with Crippen LogP contribution in [0.15, 0.2) is 11.4 Å². The van der Waals surface area contributed by atoms with Gasteiger partial charge in [0.05, 0.1) is 18.6 Å². The zero-order chi connectivity index (χ0) is 15.1. The minimum absolute atomic E-state index is 0.0846. The first-order valence-corrected chi connectivity index (χ1v) is 6.82. The summed E-state index contributed by atoms with van der Waals surface area (Å²) in [6.45, 7) is 2.03. The van der Waals surface area contributed by atoms with E-state index in [1.54, 1.807) is 18.4 Å². The summed E-state index contributed by atoms with van der Waals surface area (Å²) < 4.78 is 4.87. The number of aliphatic carboxylic acids is 1. The summed E-state index contributed by atoms with van der Waals surface area (Å²) in [4.78, 5) is 35.1. The molecule has 8 heteroatoms. The number of carboxylic acids is 1. The number of hydrogen-bond acceptors (Lipinski definition) is 5. The summed E-state index contributed by atoms with van der Waals surface area (Å²) in [6, 6.07) is 1.09. The number of anilines is 1. The lowest BCUT2D eigenvalue weighted by molar-refractivity contribution is -0.137. The van der Waals surface area contributed by atoms with Gasteiger partial charge >= 0.3 is 18.0 Å². The quantitative estimate of drug-likeness (QED) is 0.782. The van der Waals surface area contributed by atoms with Crippen LogP contribution in [0.5, 0.6) is 0 Å². The number of esters is 1. The Labute approximate surface area is 120 Å². The van der Waals surface area contributed by atoms with Gasteiger partial charge in [0.1, 0.15) is 5.00 Å². The maximum absolute atomic E-state index is 11.8. The molecule has 7 nitrogen and oxygen atoms in total. The lowest BCUT2D eigenvalue weighted by atomic mass is 10.3. The van der Waals surface area contributed by atoms with Crippen molar-refractivity contribution in [3.63, 3.8) is 0 Å². The maximum atomic E-state index is 11.8. The van der Waals surface area contributed by atoms with Crippen molar-refractivity contribution in [1.29, 1.82) is 0 Å². The highest BCUT2D eigenvalue weighted by atomic mass is 32.1. The Balaban J connectivity index is 2.64. The van der Waals surface area contributed by atoms with Gasteiger partial charge in [-0.2, -0.15) is 0 Å². The molecule has 0 aromatic carbocycles. The van der Waals surface area contributed by atoms with E-state index in [2.05, 4.69) is 5.32 Å². The smallest absolute Gasteiger partial charge is 0.341 e. The van der Waals surface area contributed by atoms with E-state index in [-0.39, 0.29) is 25.1 Å². The van der Waals surface area contributed by atoms with Crippen LogP contribution in [-0.4, -0.2) is 48.2 Å². The molecule has 0 aliphatic carbocycles. The first-order chi connectivity index (χ1) is 9.45. The van der Waals surface area contributed by atoms with E-state index >= 15 is 0 Å². The zero-order valence-electron chi connectivity index (χ0n) is 11.2. The Morgan fingerprint density at radius 3 is 2.75 bits per heavy atom. The minimum Gasteiger partial charge on any atom is -0.481 e. The van der Waals surface area contributed by atoms with Crippen LogP contribution in [0.1, 0.15) is 23.7 Å². The molecule has 1 aromatic rings. The first kappa shape index (κ1) is 16.0. The number of carbonyl (C=O) groups excluding carboxylic acids is 2. The molecule has 0 spiro atoms. The Hall–Kier alpha value is -2.09. The molecule has 1 rings (SSSR count). The predicted molar refractivity (Wildman–Crippen MR) is 74.2 cm³/mol. The van der Waals surface area contributed by atoms with E-state index in [9.17, 15) is 14.4 Å². The maximum Gasteiger partial charge on any atom is 0.341 e. The van der Waals surface area contributed by atoms with Crippen molar-refractivity contribution in [2.45, 2.75) is 13.3 Å². The van der Waals surface area contributed by atoms with Gasteiger partial charge < -0.3 is 14.7 Å². The largest absolute Gasteiger partial charge is 0.481 e. The first-order valence-electron chi connectivity index (χ1n) is 5.94. The number of carbonyl (C=O) groups is 3. The van der Waals surface area contributed by atoms with Crippen LogP contribution in [0, 0.1) is 0 Å². The second-order valence-corrected chi connectivity index (χ2v) is 4.80. The fraction of sp³-hybridized carbons (Fsp3) is 0.417. The molecule has 0 aliphatic rings. The van der Waals surface area contributed by atoms with Gasteiger partial charge in [0, 0.05) is 13.6 Å². The molecule has 20 heavy (non-hydrogen) atoms. The molecule has 0 unspecified atom stereocenters. The van der Waals surface area contributed by atoms with E-state index in [0.717, 1.165) is 0 Å². The molecule has 0 radical (unpaired) electrons. The van der Waals surface area contributed by atoms with Crippen LogP contribution in [0.2, 0.25) is 0 Å². The average Bonchev–Trinajstić information content (AvgIpc) is 2.84. The molecule has 0 saturated heterocycles. The fourth-order valence-electron chi connectivity index (χ4n) is 1.33. The summed E-state index contributed by atoms with van der Waals surface area (Å²) in [5.74, 6) is -1.48. The Bertz CT molecular complexity index is 500. The highest BCUT2D eigenvalue weighted by Gasteiger charge is 2.17. The molecule has 2 amide bonds. The molecule has 0 saturated carbocycles. The van der Waals surface area contributed by atoms with Gasteiger partial charge in [-0.15, -0.1) is 11.3 Å². The minimum atomic E-state index is -0.979. The van der Waals surface area contributed by atoms with Crippen LogP contribution < -0.4 is 5.32 Å². The van der Waals surface area contributed by atoms with E-state index in [4.69, 9.17) is 9.84 Å². The van der Waals surface area contributed by atoms with Gasteiger partial charge in [0.15, 0.2) is 0 Å². The Morgan fingerprint density at radius 2 is 2.15 bits per heavy atom. The van der Waals surface area contributed by atoms with Gasteiger partial charge in [0.25, 0.3) is 0 Å². The highest BCUT2D eigenvalue weighted by molar-refractivity contribution is 7.14. The third-order valence-electron chi connectivity index (χ3n) is 2.39. The number of thiophene rings is 1. The lowest BCUT2D eigenvalue weighted by Crippen LogP contribution is -2.33. The van der Waals surface area contributed by atoms with Gasteiger partial charge in [-0.3, -0.25) is 10.1 Å². The fourth-order valence-corrected chi connectivity index (χ4v) is 2.10. The van der Waals surface area contributed by atoms with E-state index < -0.39 is 18.0 Å². The summed E-state index contributed by atoms with van der Waals surface area (Å²) in [5, 5.41) is 13.2. The van der Waals surface area contributed by atoms with Gasteiger partial charge in [-0.05, 0) is 18.4 Å². The lowest BCUT2D eigenvalue weighted by Gasteiger charge is -2.16. The monoisotopic (exact) mass is 300 g/mol. The molecule has 0 bridgehead atoms. The Morgan fingerprint density at radius 1 is 1.45 bits per heavy atom. The van der Waals surface area contributed by atoms with Crippen molar-refractivity contribution >= 4 is 34.3 Å². The van der Waals surface area contributed by atoms with Crippen LogP contribution >= 0.6 is 11.3 Å². The summed E-state index contributed by atoms with van der Waals surface area (Å²) in [5.41, 5.74) is 0.289. The number of amides is 2. The zero-order valence-corrected chi connectivity index (χ0v) is 12.0. The number of rotatable bonds is 6. The SMILES string of the molecule is CCOC(=O)c1ccsc1NC(=O)N(C)CCC(=O)O. The number of urea groups is 1. The van der Waals surface area contributed by atoms with Crippen molar-refractivity contribution in [1.82, 2.24) is 4.90 Å². The van der Waals surface area contributed by atoms with E-state index in [1.807, 2.05) is 0 Å². The average molecular weight is 300 g/mol. The van der Waals surface area contributed by atoms with Crippen molar-refractivity contribution in [2.75, 3.05) is 25.5 Å². The molecule has 0 atom stereocenters.